The molecule has 0 spiro atoms. The SMILES string of the molecule is C[C@H](OC(=O)C(C)(C)N)[C@H](Oc1ccc(Cl)cc1)C1CCCC1. The number of carbonyl (C=O) groups excluding carboxylic acids is 1. The number of carbonyl (C=O) groups is 1. The van der Waals surface area contributed by atoms with Gasteiger partial charge in [-0.25, -0.2) is 0 Å². The van der Waals surface area contributed by atoms with Crippen molar-refractivity contribution in [2.45, 2.75) is 64.2 Å². The van der Waals surface area contributed by atoms with Gasteiger partial charge in [-0.3, -0.25) is 4.79 Å². The molecule has 1 aromatic carbocycles. The van der Waals surface area contributed by atoms with Crippen molar-refractivity contribution in [3.63, 3.8) is 0 Å². The Morgan fingerprint density at radius 2 is 1.83 bits per heavy atom. The number of hydrogen-bond donors (Lipinski definition) is 1. The molecule has 1 aliphatic rings. The molecule has 1 aliphatic carbocycles. The van der Waals surface area contributed by atoms with Gasteiger partial charge >= 0.3 is 5.97 Å². The molecule has 128 valence electrons. The van der Waals surface area contributed by atoms with Crippen LogP contribution in [0.2, 0.25) is 5.02 Å². The highest BCUT2D eigenvalue weighted by atomic mass is 35.5. The molecule has 23 heavy (non-hydrogen) atoms. The first-order chi connectivity index (χ1) is 10.8. The topological polar surface area (TPSA) is 61.5 Å². The molecule has 1 aromatic rings. The Balaban J connectivity index is 2.10. The average molecular weight is 340 g/mol. The third kappa shape index (κ3) is 5.11. The van der Waals surface area contributed by atoms with Crippen LogP contribution in [0, 0.1) is 5.92 Å². The molecule has 1 saturated carbocycles. The first kappa shape index (κ1) is 18.1. The van der Waals surface area contributed by atoms with Crippen LogP contribution in [0.25, 0.3) is 0 Å². The van der Waals surface area contributed by atoms with Gasteiger partial charge in [-0.15, -0.1) is 0 Å². The molecule has 0 aromatic heterocycles. The quantitative estimate of drug-likeness (QED) is 0.797. The van der Waals surface area contributed by atoms with Crippen LogP contribution in [-0.2, 0) is 9.53 Å². The second kappa shape index (κ2) is 7.54. The van der Waals surface area contributed by atoms with Crippen LogP contribution in [0.3, 0.4) is 0 Å². The maximum absolute atomic E-state index is 12.1. The molecule has 2 N–H and O–H groups in total. The summed E-state index contributed by atoms with van der Waals surface area (Å²) >= 11 is 5.92. The summed E-state index contributed by atoms with van der Waals surface area (Å²) in [6.45, 7) is 5.17. The van der Waals surface area contributed by atoms with E-state index in [0.29, 0.717) is 10.9 Å². The highest BCUT2D eigenvalue weighted by Crippen LogP contribution is 2.33. The average Bonchev–Trinajstić information content (AvgIpc) is 2.99. The second-order valence-electron chi connectivity index (χ2n) is 6.91. The zero-order chi connectivity index (χ0) is 17.0. The predicted octanol–water partition coefficient (Wildman–Crippen LogP) is 3.95. The lowest BCUT2D eigenvalue weighted by atomic mass is 9.96. The van der Waals surface area contributed by atoms with Crippen molar-refractivity contribution in [2.24, 2.45) is 11.7 Å². The van der Waals surface area contributed by atoms with Crippen LogP contribution in [-0.4, -0.2) is 23.7 Å². The lowest BCUT2D eigenvalue weighted by molar-refractivity contribution is -0.159. The van der Waals surface area contributed by atoms with E-state index in [1.165, 1.54) is 12.8 Å². The van der Waals surface area contributed by atoms with Crippen molar-refractivity contribution in [3.05, 3.63) is 29.3 Å². The Kier molecular flexibility index (Phi) is 5.93. The third-order valence-corrected chi connectivity index (χ3v) is 4.48. The van der Waals surface area contributed by atoms with Gasteiger partial charge in [0.25, 0.3) is 0 Å². The summed E-state index contributed by atoms with van der Waals surface area (Å²) < 4.78 is 11.7. The molecular weight excluding hydrogens is 314 g/mol. The number of nitrogens with two attached hydrogens (primary N) is 1. The summed E-state index contributed by atoms with van der Waals surface area (Å²) in [5.41, 5.74) is 4.81. The smallest absolute Gasteiger partial charge is 0.325 e. The molecule has 0 unspecified atom stereocenters. The summed E-state index contributed by atoms with van der Waals surface area (Å²) in [5, 5.41) is 0.666. The molecule has 5 heteroatoms. The minimum Gasteiger partial charge on any atom is -0.486 e. The number of hydrogen-bond acceptors (Lipinski definition) is 4. The van der Waals surface area contributed by atoms with Crippen LogP contribution in [0.4, 0.5) is 0 Å². The highest BCUT2D eigenvalue weighted by Gasteiger charge is 2.35. The highest BCUT2D eigenvalue weighted by molar-refractivity contribution is 6.30. The number of esters is 1. The molecule has 0 aliphatic heterocycles. The van der Waals surface area contributed by atoms with Crippen LogP contribution >= 0.6 is 11.6 Å². The Labute approximate surface area is 143 Å². The largest absolute Gasteiger partial charge is 0.486 e. The zero-order valence-electron chi connectivity index (χ0n) is 14.0. The minimum absolute atomic E-state index is 0.176. The summed E-state index contributed by atoms with van der Waals surface area (Å²) in [7, 11) is 0. The van der Waals surface area contributed by atoms with Gasteiger partial charge in [0.2, 0.25) is 0 Å². The fraction of sp³-hybridized carbons (Fsp3) is 0.611. The number of halogens is 1. The minimum atomic E-state index is -1.01. The maximum atomic E-state index is 12.1. The van der Waals surface area contributed by atoms with Gasteiger partial charge < -0.3 is 15.2 Å². The Hall–Kier alpha value is -1.26. The van der Waals surface area contributed by atoms with E-state index in [4.69, 9.17) is 26.8 Å². The zero-order valence-corrected chi connectivity index (χ0v) is 14.8. The van der Waals surface area contributed by atoms with Crippen molar-refractivity contribution in [1.82, 2.24) is 0 Å². The van der Waals surface area contributed by atoms with E-state index in [1.54, 1.807) is 26.0 Å². The molecule has 0 radical (unpaired) electrons. The predicted molar refractivity (Wildman–Crippen MR) is 91.6 cm³/mol. The van der Waals surface area contributed by atoms with E-state index in [-0.39, 0.29) is 12.2 Å². The van der Waals surface area contributed by atoms with Crippen molar-refractivity contribution in [3.8, 4) is 5.75 Å². The first-order valence-electron chi connectivity index (χ1n) is 8.19. The van der Waals surface area contributed by atoms with Gasteiger partial charge in [-0.1, -0.05) is 24.4 Å². The van der Waals surface area contributed by atoms with Gasteiger partial charge in [0.1, 0.15) is 23.5 Å². The number of ether oxygens (including phenoxy) is 2. The van der Waals surface area contributed by atoms with E-state index >= 15 is 0 Å². The maximum Gasteiger partial charge on any atom is 0.325 e. The number of benzene rings is 1. The Bertz CT molecular complexity index is 518. The van der Waals surface area contributed by atoms with Gasteiger partial charge in [0.15, 0.2) is 0 Å². The molecule has 0 heterocycles. The standard InChI is InChI=1S/C18H26ClNO3/c1-12(22-17(21)18(2,3)20)16(13-6-4-5-7-13)23-15-10-8-14(19)9-11-15/h8-13,16H,4-7,20H2,1-3H3/t12-,16-/m0/s1. The van der Waals surface area contributed by atoms with E-state index in [1.807, 2.05) is 19.1 Å². The third-order valence-electron chi connectivity index (χ3n) is 4.23. The van der Waals surface area contributed by atoms with Gasteiger partial charge in [-0.2, -0.15) is 0 Å². The fourth-order valence-corrected chi connectivity index (χ4v) is 3.05. The van der Waals surface area contributed by atoms with E-state index in [2.05, 4.69) is 0 Å². The Morgan fingerprint density at radius 3 is 2.35 bits per heavy atom. The number of rotatable bonds is 6. The van der Waals surface area contributed by atoms with Crippen molar-refractivity contribution in [1.29, 1.82) is 0 Å². The molecule has 4 nitrogen and oxygen atoms in total. The molecule has 1 fully saturated rings. The van der Waals surface area contributed by atoms with Crippen LogP contribution in [0.15, 0.2) is 24.3 Å². The van der Waals surface area contributed by atoms with Crippen molar-refractivity contribution in [2.75, 3.05) is 0 Å². The normalized spacial score (nSPS) is 18.5. The van der Waals surface area contributed by atoms with Crippen LogP contribution in [0.1, 0.15) is 46.5 Å². The van der Waals surface area contributed by atoms with Crippen LogP contribution < -0.4 is 10.5 Å². The van der Waals surface area contributed by atoms with Crippen LogP contribution in [0.5, 0.6) is 5.75 Å². The molecular formula is C18H26ClNO3. The molecule has 2 atom stereocenters. The molecule has 2 rings (SSSR count). The Morgan fingerprint density at radius 1 is 1.26 bits per heavy atom. The van der Waals surface area contributed by atoms with E-state index in [9.17, 15) is 4.79 Å². The van der Waals surface area contributed by atoms with E-state index in [0.717, 1.165) is 18.6 Å². The summed E-state index contributed by atoms with van der Waals surface area (Å²) in [6.07, 6.45) is 4.02. The summed E-state index contributed by atoms with van der Waals surface area (Å²) in [6, 6.07) is 7.27. The van der Waals surface area contributed by atoms with Gasteiger partial charge in [0, 0.05) is 5.02 Å². The fourth-order valence-electron chi connectivity index (χ4n) is 2.92. The molecule has 0 bridgehead atoms. The summed E-state index contributed by atoms with van der Waals surface area (Å²) in [4.78, 5) is 12.1. The first-order valence-corrected chi connectivity index (χ1v) is 8.57. The lowest BCUT2D eigenvalue weighted by Gasteiger charge is -2.31. The second-order valence-corrected chi connectivity index (χ2v) is 7.35. The van der Waals surface area contributed by atoms with Gasteiger partial charge in [-0.05, 0) is 63.8 Å². The van der Waals surface area contributed by atoms with Crippen molar-refractivity contribution < 1.29 is 14.3 Å². The van der Waals surface area contributed by atoms with Gasteiger partial charge in [0.05, 0.1) is 0 Å². The lowest BCUT2D eigenvalue weighted by Crippen LogP contribution is -2.47. The summed E-state index contributed by atoms with van der Waals surface area (Å²) in [5.74, 6) is 0.711. The van der Waals surface area contributed by atoms with Crippen molar-refractivity contribution >= 4 is 17.6 Å². The molecule has 0 saturated heterocycles. The van der Waals surface area contributed by atoms with E-state index < -0.39 is 11.5 Å². The molecule has 0 amide bonds. The monoisotopic (exact) mass is 339 g/mol.